The third-order valence-electron chi connectivity index (χ3n) is 5.44. The summed E-state index contributed by atoms with van der Waals surface area (Å²) in [5.74, 6) is 0.761. The van der Waals surface area contributed by atoms with E-state index in [0.717, 1.165) is 16.3 Å². The third kappa shape index (κ3) is 3.96. The number of nitrogens with one attached hydrogen (secondary N) is 1. The van der Waals surface area contributed by atoms with Gasteiger partial charge in [0.15, 0.2) is 0 Å². The normalized spacial score (nSPS) is 19.2. The second-order valence-corrected chi connectivity index (χ2v) is 7.25. The lowest BCUT2D eigenvalue weighted by atomic mass is 10.1. The molecule has 2 aromatic rings. The summed E-state index contributed by atoms with van der Waals surface area (Å²) in [4.78, 5) is 42.5. The zero-order chi connectivity index (χ0) is 21.1. The summed E-state index contributed by atoms with van der Waals surface area (Å²) in [6.45, 7) is 2.48. The first-order valence-electron chi connectivity index (χ1n) is 9.87. The fourth-order valence-electron chi connectivity index (χ4n) is 3.81. The van der Waals surface area contributed by atoms with Gasteiger partial charge in [0.05, 0.1) is 32.0 Å². The summed E-state index contributed by atoms with van der Waals surface area (Å²) in [5, 5.41) is 2.61. The smallest absolute Gasteiger partial charge is 0.325 e. The molecule has 9 nitrogen and oxygen atoms in total. The summed E-state index contributed by atoms with van der Waals surface area (Å²) in [6.07, 6.45) is 1.44. The molecule has 2 saturated heterocycles. The lowest BCUT2D eigenvalue weighted by Crippen LogP contribution is -2.50. The van der Waals surface area contributed by atoms with E-state index in [4.69, 9.17) is 9.15 Å². The molecule has 2 aliphatic rings. The fourth-order valence-corrected chi connectivity index (χ4v) is 3.81. The molecule has 4 rings (SSSR count). The van der Waals surface area contributed by atoms with Gasteiger partial charge < -0.3 is 24.3 Å². The molecule has 2 aliphatic heterocycles. The Labute approximate surface area is 174 Å². The molecule has 1 N–H and O–H groups in total. The Morgan fingerprint density at radius 2 is 1.90 bits per heavy atom. The standard InChI is InChI=1S/C21H24N4O5/c1-29-18-7-3-2-6-17(18)23-8-10-24(11-9-23)19(26)13-16-20(27)25(21(28)22-16)14-15-5-4-12-30-15/h2-7,12,16H,8-11,13-14H2,1H3,(H,22,28)/t16-/m0/s1. The highest BCUT2D eigenvalue weighted by Gasteiger charge is 2.40. The predicted molar refractivity (Wildman–Crippen MR) is 108 cm³/mol. The molecule has 0 unspecified atom stereocenters. The van der Waals surface area contributed by atoms with Crippen LogP contribution in [-0.4, -0.2) is 67.0 Å². The Hall–Kier alpha value is -3.49. The number of hydrogen-bond donors (Lipinski definition) is 1. The number of anilines is 1. The maximum atomic E-state index is 12.7. The van der Waals surface area contributed by atoms with Crippen molar-refractivity contribution < 1.29 is 23.5 Å². The highest BCUT2D eigenvalue weighted by Crippen LogP contribution is 2.28. The number of urea groups is 1. The molecule has 158 valence electrons. The fraction of sp³-hybridized carbons (Fsp3) is 0.381. The van der Waals surface area contributed by atoms with Gasteiger partial charge in [0.25, 0.3) is 5.91 Å². The largest absolute Gasteiger partial charge is 0.495 e. The molecular formula is C21H24N4O5. The van der Waals surface area contributed by atoms with Crippen LogP contribution in [0.15, 0.2) is 47.1 Å². The number of furan rings is 1. The Balaban J connectivity index is 1.32. The molecule has 1 aromatic heterocycles. The Morgan fingerprint density at radius 1 is 1.13 bits per heavy atom. The zero-order valence-corrected chi connectivity index (χ0v) is 16.7. The van der Waals surface area contributed by atoms with Gasteiger partial charge in [0, 0.05) is 26.2 Å². The van der Waals surface area contributed by atoms with Crippen molar-refractivity contribution in [1.82, 2.24) is 15.1 Å². The minimum atomic E-state index is -0.841. The van der Waals surface area contributed by atoms with Crippen molar-refractivity contribution in [3.63, 3.8) is 0 Å². The summed E-state index contributed by atoms with van der Waals surface area (Å²) in [5.41, 5.74) is 0.999. The van der Waals surface area contributed by atoms with Crippen LogP contribution in [0.1, 0.15) is 12.2 Å². The van der Waals surface area contributed by atoms with Crippen molar-refractivity contribution in [2.75, 3.05) is 38.2 Å². The number of nitrogens with zero attached hydrogens (tertiary/aromatic N) is 3. The molecule has 1 atom stereocenters. The van der Waals surface area contributed by atoms with E-state index >= 15 is 0 Å². The lowest BCUT2D eigenvalue weighted by molar-refractivity contribution is -0.136. The van der Waals surface area contributed by atoms with Crippen LogP contribution in [-0.2, 0) is 16.1 Å². The molecule has 9 heteroatoms. The van der Waals surface area contributed by atoms with E-state index in [1.54, 1.807) is 24.1 Å². The van der Waals surface area contributed by atoms with Gasteiger partial charge in [-0.1, -0.05) is 12.1 Å². The molecule has 3 heterocycles. The minimum absolute atomic E-state index is 0.0477. The number of ether oxygens (including phenoxy) is 1. The van der Waals surface area contributed by atoms with Gasteiger partial charge >= 0.3 is 6.03 Å². The van der Waals surface area contributed by atoms with Crippen LogP contribution in [0.5, 0.6) is 5.75 Å². The van der Waals surface area contributed by atoms with Gasteiger partial charge in [-0.2, -0.15) is 0 Å². The number of para-hydroxylation sites is 2. The van der Waals surface area contributed by atoms with E-state index in [1.165, 1.54) is 6.26 Å². The van der Waals surface area contributed by atoms with Gasteiger partial charge in [0.1, 0.15) is 17.6 Å². The Morgan fingerprint density at radius 3 is 2.60 bits per heavy atom. The predicted octanol–water partition coefficient (Wildman–Crippen LogP) is 1.45. The van der Waals surface area contributed by atoms with Crippen molar-refractivity contribution in [2.45, 2.75) is 19.0 Å². The van der Waals surface area contributed by atoms with E-state index in [1.807, 2.05) is 24.3 Å². The van der Waals surface area contributed by atoms with Crippen LogP contribution in [0.3, 0.4) is 0 Å². The van der Waals surface area contributed by atoms with E-state index < -0.39 is 18.0 Å². The number of amides is 4. The maximum absolute atomic E-state index is 12.7. The number of rotatable bonds is 6. The molecule has 0 saturated carbocycles. The average molecular weight is 412 g/mol. The highest BCUT2D eigenvalue weighted by molar-refractivity contribution is 6.05. The van der Waals surface area contributed by atoms with Crippen molar-refractivity contribution in [1.29, 1.82) is 0 Å². The number of carbonyl (C=O) groups excluding carboxylic acids is 3. The van der Waals surface area contributed by atoms with E-state index in [2.05, 4.69) is 10.2 Å². The Kier molecular flexibility index (Phi) is 5.60. The number of carbonyl (C=O) groups is 3. The van der Waals surface area contributed by atoms with Crippen LogP contribution >= 0.6 is 0 Å². The molecule has 0 radical (unpaired) electrons. The molecule has 0 spiro atoms. The third-order valence-corrected chi connectivity index (χ3v) is 5.44. The first-order valence-corrected chi connectivity index (χ1v) is 9.87. The molecule has 0 bridgehead atoms. The van der Waals surface area contributed by atoms with E-state index in [0.29, 0.717) is 31.9 Å². The van der Waals surface area contributed by atoms with Gasteiger partial charge in [-0.05, 0) is 24.3 Å². The summed E-state index contributed by atoms with van der Waals surface area (Å²) in [7, 11) is 1.64. The SMILES string of the molecule is COc1ccccc1N1CCN(C(=O)C[C@@H]2NC(=O)N(Cc3ccco3)C2=O)CC1. The molecular weight excluding hydrogens is 388 g/mol. The van der Waals surface area contributed by atoms with Gasteiger partial charge in [-0.15, -0.1) is 0 Å². The van der Waals surface area contributed by atoms with Gasteiger partial charge in [-0.25, -0.2) is 4.79 Å². The number of hydrogen-bond acceptors (Lipinski definition) is 6. The van der Waals surface area contributed by atoms with Crippen LogP contribution < -0.4 is 15.0 Å². The van der Waals surface area contributed by atoms with E-state index in [9.17, 15) is 14.4 Å². The van der Waals surface area contributed by atoms with E-state index in [-0.39, 0.29) is 18.9 Å². The van der Waals surface area contributed by atoms with Crippen LogP contribution in [0, 0.1) is 0 Å². The molecule has 1 aromatic carbocycles. The monoisotopic (exact) mass is 412 g/mol. The first kappa shape index (κ1) is 19.8. The second-order valence-electron chi connectivity index (χ2n) is 7.25. The zero-order valence-electron chi connectivity index (χ0n) is 16.7. The number of imide groups is 1. The summed E-state index contributed by atoms with van der Waals surface area (Å²) in [6, 6.07) is 9.83. The van der Waals surface area contributed by atoms with Crippen LogP contribution in [0.2, 0.25) is 0 Å². The lowest BCUT2D eigenvalue weighted by Gasteiger charge is -2.36. The van der Waals surface area contributed by atoms with Crippen LogP contribution in [0.4, 0.5) is 10.5 Å². The highest BCUT2D eigenvalue weighted by atomic mass is 16.5. The van der Waals surface area contributed by atoms with Gasteiger partial charge in [-0.3, -0.25) is 14.5 Å². The molecule has 30 heavy (non-hydrogen) atoms. The number of benzene rings is 1. The maximum Gasteiger partial charge on any atom is 0.325 e. The quantitative estimate of drug-likeness (QED) is 0.722. The first-order chi connectivity index (χ1) is 14.6. The van der Waals surface area contributed by atoms with Crippen molar-refractivity contribution in [3.8, 4) is 5.75 Å². The molecule has 4 amide bonds. The molecule has 2 fully saturated rings. The van der Waals surface area contributed by atoms with Crippen molar-refractivity contribution in [3.05, 3.63) is 48.4 Å². The summed E-state index contributed by atoms with van der Waals surface area (Å²) >= 11 is 0. The second kappa shape index (κ2) is 8.48. The van der Waals surface area contributed by atoms with Crippen molar-refractivity contribution in [2.24, 2.45) is 0 Å². The van der Waals surface area contributed by atoms with Crippen molar-refractivity contribution >= 4 is 23.5 Å². The van der Waals surface area contributed by atoms with Gasteiger partial charge in [0.2, 0.25) is 5.91 Å². The topological polar surface area (TPSA) is 95.3 Å². The average Bonchev–Trinajstić information content (AvgIpc) is 3.38. The number of methoxy groups -OCH3 is 1. The Bertz CT molecular complexity index is 921. The molecule has 0 aliphatic carbocycles. The number of piperazine rings is 1. The summed E-state index contributed by atoms with van der Waals surface area (Å²) < 4.78 is 10.6. The minimum Gasteiger partial charge on any atom is -0.495 e. The van der Waals surface area contributed by atoms with Crippen LogP contribution in [0.25, 0.3) is 0 Å².